The van der Waals surface area contributed by atoms with Crippen LogP contribution in [0.4, 0.5) is 5.69 Å². The lowest BCUT2D eigenvalue weighted by molar-refractivity contribution is 0.251. The van der Waals surface area contributed by atoms with Gasteiger partial charge in [-0.1, -0.05) is 32.4 Å². The van der Waals surface area contributed by atoms with E-state index in [4.69, 9.17) is 0 Å². The Hall–Kier alpha value is -1.02. The molecule has 1 rings (SSSR count). The van der Waals surface area contributed by atoms with Crippen molar-refractivity contribution in [3.63, 3.8) is 0 Å². The average molecular weight is 290 g/mol. The van der Waals surface area contributed by atoms with Gasteiger partial charge in [0.1, 0.15) is 0 Å². The highest BCUT2D eigenvalue weighted by atomic mass is 15.1. The maximum absolute atomic E-state index is 3.69. The molecule has 120 valence electrons. The summed E-state index contributed by atoms with van der Waals surface area (Å²) < 4.78 is 0. The van der Waals surface area contributed by atoms with Gasteiger partial charge >= 0.3 is 0 Å². The number of hydrogen-bond donors (Lipinski definition) is 1. The van der Waals surface area contributed by atoms with Crippen molar-refractivity contribution >= 4 is 5.69 Å². The Bertz CT molecular complexity index is 433. The van der Waals surface area contributed by atoms with E-state index in [0.717, 1.165) is 13.1 Å². The van der Waals surface area contributed by atoms with Gasteiger partial charge < -0.3 is 10.2 Å². The van der Waals surface area contributed by atoms with Crippen molar-refractivity contribution in [3.8, 4) is 0 Å². The Kier molecular flexibility index (Phi) is 6.27. The first-order valence-electron chi connectivity index (χ1n) is 8.18. The first-order chi connectivity index (χ1) is 9.65. The molecule has 2 heteroatoms. The molecule has 1 unspecified atom stereocenters. The van der Waals surface area contributed by atoms with Crippen molar-refractivity contribution in [3.05, 3.63) is 29.8 Å². The average Bonchev–Trinajstić information content (AvgIpc) is 2.36. The molecule has 0 bridgehead atoms. The first-order valence-corrected chi connectivity index (χ1v) is 8.18. The molecule has 0 saturated carbocycles. The minimum absolute atomic E-state index is 0.177. The summed E-state index contributed by atoms with van der Waals surface area (Å²) in [4.78, 5) is 2.40. The fourth-order valence-corrected chi connectivity index (χ4v) is 2.83. The monoisotopic (exact) mass is 290 g/mol. The van der Waals surface area contributed by atoms with Crippen LogP contribution < -0.4 is 10.2 Å². The second-order valence-corrected chi connectivity index (χ2v) is 7.86. The van der Waals surface area contributed by atoms with Crippen LogP contribution in [0.3, 0.4) is 0 Å². The molecule has 2 nitrogen and oxygen atoms in total. The van der Waals surface area contributed by atoms with E-state index < -0.39 is 0 Å². The van der Waals surface area contributed by atoms with Crippen LogP contribution in [0.5, 0.6) is 0 Å². The van der Waals surface area contributed by atoms with Crippen molar-refractivity contribution in [2.75, 3.05) is 25.0 Å². The van der Waals surface area contributed by atoms with Crippen molar-refractivity contribution < 1.29 is 0 Å². The van der Waals surface area contributed by atoms with Crippen LogP contribution in [-0.2, 0) is 0 Å². The second kappa shape index (κ2) is 7.31. The first kappa shape index (κ1) is 18.0. The summed E-state index contributed by atoms with van der Waals surface area (Å²) in [6.45, 7) is 15.7. The standard InChI is InChI=1S/C19H34N2/c1-8-12-19(6,14-20-18(3,4)5)15-21(7)17-11-9-10-16(2)13-17/h9-11,13,20H,8,12,14-15H2,1-7H3. The molecule has 21 heavy (non-hydrogen) atoms. The van der Waals surface area contributed by atoms with Crippen LogP contribution in [-0.4, -0.2) is 25.7 Å². The van der Waals surface area contributed by atoms with Crippen molar-refractivity contribution in [2.45, 2.75) is 59.9 Å². The fourth-order valence-electron chi connectivity index (χ4n) is 2.83. The minimum Gasteiger partial charge on any atom is -0.374 e. The maximum atomic E-state index is 3.69. The lowest BCUT2D eigenvalue weighted by Crippen LogP contribution is -2.47. The zero-order valence-electron chi connectivity index (χ0n) is 15.1. The van der Waals surface area contributed by atoms with Crippen LogP contribution in [0.15, 0.2) is 24.3 Å². The van der Waals surface area contributed by atoms with E-state index in [1.807, 2.05) is 0 Å². The van der Waals surface area contributed by atoms with Gasteiger partial charge in [-0.2, -0.15) is 0 Å². The molecule has 0 radical (unpaired) electrons. The van der Waals surface area contributed by atoms with Crippen LogP contribution in [0.1, 0.15) is 53.0 Å². The van der Waals surface area contributed by atoms with E-state index in [0.29, 0.717) is 5.41 Å². The van der Waals surface area contributed by atoms with E-state index in [-0.39, 0.29) is 5.54 Å². The van der Waals surface area contributed by atoms with Crippen LogP contribution in [0.25, 0.3) is 0 Å². The van der Waals surface area contributed by atoms with Crippen LogP contribution in [0.2, 0.25) is 0 Å². The molecule has 0 aliphatic heterocycles. The van der Waals surface area contributed by atoms with Crippen LogP contribution >= 0.6 is 0 Å². The lowest BCUT2D eigenvalue weighted by atomic mass is 9.84. The SMILES string of the molecule is CCCC(C)(CNC(C)(C)C)CN(C)c1cccc(C)c1. The van der Waals surface area contributed by atoms with E-state index in [1.165, 1.54) is 24.1 Å². The molecule has 0 amide bonds. The summed E-state index contributed by atoms with van der Waals surface area (Å²) in [7, 11) is 2.21. The fraction of sp³-hybridized carbons (Fsp3) is 0.684. The van der Waals surface area contributed by atoms with Gasteiger partial charge in [0.2, 0.25) is 0 Å². The second-order valence-electron chi connectivity index (χ2n) is 7.86. The number of aryl methyl sites for hydroxylation is 1. The van der Waals surface area contributed by atoms with E-state index in [9.17, 15) is 0 Å². The Morgan fingerprint density at radius 2 is 1.81 bits per heavy atom. The number of rotatable bonds is 7. The van der Waals surface area contributed by atoms with Crippen molar-refractivity contribution in [2.24, 2.45) is 5.41 Å². The van der Waals surface area contributed by atoms with E-state index in [1.54, 1.807) is 0 Å². The van der Waals surface area contributed by atoms with Crippen molar-refractivity contribution in [1.82, 2.24) is 5.32 Å². The molecule has 0 aromatic heterocycles. The molecular weight excluding hydrogens is 256 g/mol. The number of anilines is 1. The summed E-state index contributed by atoms with van der Waals surface area (Å²) in [5.41, 5.74) is 3.11. The zero-order chi connectivity index (χ0) is 16.1. The smallest absolute Gasteiger partial charge is 0.0366 e. The molecule has 1 aromatic rings. The third-order valence-electron chi connectivity index (χ3n) is 3.96. The zero-order valence-corrected chi connectivity index (χ0v) is 15.1. The Morgan fingerprint density at radius 1 is 1.14 bits per heavy atom. The number of nitrogens with one attached hydrogen (secondary N) is 1. The van der Waals surface area contributed by atoms with Gasteiger partial charge in [-0.05, 0) is 57.2 Å². The quantitative estimate of drug-likeness (QED) is 0.788. The summed E-state index contributed by atoms with van der Waals surface area (Å²) >= 11 is 0. The highest BCUT2D eigenvalue weighted by Gasteiger charge is 2.27. The molecule has 0 spiro atoms. The topological polar surface area (TPSA) is 15.3 Å². The number of nitrogens with zero attached hydrogens (tertiary/aromatic N) is 1. The highest BCUT2D eigenvalue weighted by molar-refractivity contribution is 5.47. The molecular formula is C19H34N2. The number of benzene rings is 1. The maximum Gasteiger partial charge on any atom is 0.0366 e. The van der Waals surface area contributed by atoms with Gasteiger partial charge in [0.25, 0.3) is 0 Å². The largest absolute Gasteiger partial charge is 0.374 e. The molecule has 0 heterocycles. The Balaban J connectivity index is 2.76. The normalized spacial score (nSPS) is 14.8. The number of hydrogen-bond acceptors (Lipinski definition) is 2. The summed E-state index contributed by atoms with van der Waals surface area (Å²) in [5.74, 6) is 0. The molecule has 1 N–H and O–H groups in total. The van der Waals surface area contributed by atoms with Gasteiger partial charge in [0, 0.05) is 31.4 Å². The van der Waals surface area contributed by atoms with Gasteiger partial charge in [-0.15, -0.1) is 0 Å². The third-order valence-corrected chi connectivity index (χ3v) is 3.96. The summed E-state index contributed by atoms with van der Waals surface area (Å²) in [6.07, 6.45) is 2.47. The molecule has 0 aliphatic rings. The van der Waals surface area contributed by atoms with Gasteiger partial charge in [0.15, 0.2) is 0 Å². The predicted molar refractivity (Wildman–Crippen MR) is 95.2 cm³/mol. The highest BCUT2D eigenvalue weighted by Crippen LogP contribution is 2.27. The van der Waals surface area contributed by atoms with Gasteiger partial charge in [-0.25, -0.2) is 0 Å². The molecule has 1 atom stereocenters. The minimum atomic E-state index is 0.177. The Labute approximate surface area is 131 Å². The molecule has 0 saturated heterocycles. The summed E-state index contributed by atoms with van der Waals surface area (Å²) in [5, 5.41) is 3.69. The van der Waals surface area contributed by atoms with Crippen LogP contribution in [0, 0.1) is 12.3 Å². The molecule has 0 aliphatic carbocycles. The predicted octanol–water partition coefficient (Wildman–Crippen LogP) is 4.63. The van der Waals surface area contributed by atoms with Gasteiger partial charge in [0.05, 0.1) is 0 Å². The van der Waals surface area contributed by atoms with Crippen molar-refractivity contribution in [1.29, 1.82) is 0 Å². The third kappa shape index (κ3) is 6.52. The van der Waals surface area contributed by atoms with Gasteiger partial charge in [-0.3, -0.25) is 0 Å². The molecule has 1 aromatic carbocycles. The molecule has 0 fully saturated rings. The van der Waals surface area contributed by atoms with E-state index >= 15 is 0 Å². The lowest BCUT2D eigenvalue weighted by Gasteiger charge is -2.37. The van der Waals surface area contributed by atoms with E-state index in [2.05, 4.69) is 83.1 Å². The summed E-state index contributed by atoms with van der Waals surface area (Å²) in [6, 6.07) is 8.77. The Morgan fingerprint density at radius 3 is 2.33 bits per heavy atom.